The Hall–Kier alpha value is -2.08. The Labute approximate surface area is 175 Å². The molecule has 6 heteroatoms. The number of hydrogen-bond acceptors (Lipinski definition) is 4. The van der Waals surface area contributed by atoms with Gasteiger partial charge in [-0.05, 0) is 36.3 Å². The van der Waals surface area contributed by atoms with Crippen molar-refractivity contribution in [3.8, 4) is 0 Å². The minimum Gasteiger partial charge on any atom is -0.469 e. The van der Waals surface area contributed by atoms with Crippen LogP contribution in [0.3, 0.4) is 0 Å². The number of nitrogens with zero attached hydrogens (tertiary/aromatic N) is 3. The second-order valence-corrected chi connectivity index (χ2v) is 8.51. The number of hydrogen-bond donors (Lipinski definition) is 1. The van der Waals surface area contributed by atoms with Gasteiger partial charge in [-0.15, -0.1) is 0 Å². The minimum absolute atomic E-state index is 0.0196. The van der Waals surface area contributed by atoms with E-state index in [-0.39, 0.29) is 11.9 Å². The molecule has 2 heterocycles. The Morgan fingerprint density at radius 3 is 2.52 bits per heavy atom. The molecule has 1 atom stereocenters. The molecule has 3 rings (SSSR count). The van der Waals surface area contributed by atoms with Crippen LogP contribution >= 0.6 is 0 Å². The van der Waals surface area contributed by atoms with E-state index in [4.69, 9.17) is 4.74 Å². The predicted molar refractivity (Wildman–Crippen MR) is 117 cm³/mol. The molecule has 0 spiro atoms. The molecule has 0 aliphatic carbocycles. The highest BCUT2D eigenvalue weighted by Gasteiger charge is 2.29. The molecule has 1 unspecified atom stereocenters. The third-order valence-corrected chi connectivity index (χ3v) is 6.41. The van der Waals surface area contributed by atoms with E-state index in [0.717, 1.165) is 57.9 Å². The number of nitrogens with one attached hydrogen (secondary N) is 1. The number of ether oxygens (including phenoxy) is 1. The van der Waals surface area contributed by atoms with Crippen molar-refractivity contribution >= 4 is 11.9 Å². The number of aliphatic imine (C=N–C) groups is 1. The fraction of sp³-hybridized carbons (Fsp3) is 0.652. The molecule has 160 valence electrons. The average Bonchev–Trinajstić information content (AvgIpc) is 2.76. The van der Waals surface area contributed by atoms with Crippen molar-refractivity contribution in [3.05, 3.63) is 35.4 Å². The molecule has 6 nitrogen and oxygen atoms in total. The highest BCUT2D eigenvalue weighted by molar-refractivity contribution is 5.80. The van der Waals surface area contributed by atoms with E-state index in [0.29, 0.717) is 12.0 Å². The van der Waals surface area contributed by atoms with E-state index >= 15 is 0 Å². The van der Waals surface area contributed by atoms with Crippen LogP contribution in [0.4, 0.5) is 0 Å². The highest BCUT2D eigenvalue weighted by Crippen LogP contribution is 2.23. The molecule has 2 aliphatic rings. The maximum absolute atomic E-state index is 11.8. The molecule has 2 aliphatic heterocycles. The first-order valence-electron chi connectivity index (χ1n) is 10.9. The Balaban J connectivity index is 1.57. The van der Waals surface area contributed by atoms with Gasteiger partial charge in [-0.2, -0.15) is 0 Å². The van der Waals surface area contributed by atoms with Crippen molar-refractivity contribution in [1.29, 1.82) is 0 Å². The van der Waals surface area contributed by atoms with Gasteiger partial charge in [-0.25, -0.2) is 0 Å². The molecular formula is C23H36N4O2. The fourth-order valence-corrected chi connectivity index (χ4v) is 4.61. The normalized spacial score (nSPS) is 19.8. The lowest BCUT2D eigenvalue weighted by molar-refractivity contribution is -0.146. The molecule has 1 saturated heterocycles. The molecule has 0 bridgehead atoms. The summed E-state index contributed by atoms with van der Waals surface area (Å²) in [5.74, 6) is 1.43. The first kappa shape index (κ1) is 21.6. The SMILES string of the molecule is CN=C(NCC(C(C)C)N1CCc2ccccc2C1)N1CCC(C(=O)OC)CC1. The summed E-state index contributed by atoms with van der Waals surface area (Å²) in [4.78, 5) is 21.2. The number of carbonyl (C=O) groups excluding carboxylic acids is 1. The van der Waals surface area contributed by atoms with Crippen LogP contribution in [0.15, 0.2) is 29.3 Å². The zero-order valence-electron chi connectivity index (χ0n) is 18.4. The lowest BCUT2D eigenvalue weighted by Crippen LogP contribution is -2.52. The van der Waals surface area contributed by atoms with Gasteiger partial charge in [0.1, 0.15) is 0 Å². The molecule has 1 aromatic carbocycles. The molecule has 29 heavy (non-hydrogen) atoms. The second kappa shape index (κ2) is 10.1. The van der Waals surface area contributed by atoms with Crippen LogP contribution in [0.2, 0.25) is 0 Å². The third-order valence-electron chi connectivity index (χ3n) is 6.41. The summed E-state index contributed by atoms with van der Waals surface area (Å²) >= 11 is 0. The Morgan fingerprint density at radius 2 is 1.90 bits per heavy atom. The zero-order valence-corrected chi connectivity index (χ0v) is 18.4. The number of esters is 1. The number of methoxy groups -OCH3 is 1. The van der Waals surface area contributed by atoms with Crippen LogP contribution in [0, 0.1) is 11.8 Å². The first-order valence-corrected chi connectivity index (χ1v) is 10.9. The summed E-state index contributed by atoms with van der Waals surface area (Å²) in [6.07, 6.45) is 2.77. The number of benzene rings is 1. The predicted octanol–water partition coefficient (Wildman–Crippen LogP) is 2.53. The van der Waals surface area contributed by atoms with Crippen LogP contribution in [0.1, 0.15) is 37.8 Å². The van der Waals surface area contributed by atoms with Gasteiger partial charge in [0.15, 0.2) is 5.96 Å². The van der Waals surface area contributed by atoms with Crippen LogP contribution < -0.4 is 5.32 Å². The van der Waals surface area contributed by atoms with Crippen molar-refractivity contribution in [3.63, 3.8) is 0 Å². The Kier molecular flexibility index (Phi) is 7.53. The lowest BCUT2D eigenvalue weighted by atomic mass is 9.95. The summed E-state index contributed by atoms with van der Waals surface area (Å²) in [5.41, 5.74) is 2.95. The number of rotatable bonds is 5. The van der Waals surface area contributed by atoms with Crippen LogP contribution in [0.5, 0.6) is 0 Å². The summed E-state index contributed by atoms with van der Waals surface area (Å²) < 4.78 is 4.90. The summed E-state index contributed by atoms with van der Waals surface area (Å²) in [5, 5.41) is 3.62. The van der Waals surface area contributed by atoms with Crippen molar-refractivity contribution < 1.29 is 9.53 Å². The summed E-state index contributed by atoms with van der Waals surface area (Å²) in [7, 11) is 3.32. The van der Waals surface area contributed by atoms with Crippen molar-refractivity contribution in [2.45, 2.75) is 45.7 Å². The van der Waals surface area contributed by atoms with Gasteiger partial charge in [0.25, 0.3) is 0 Å². The molecule has 0 amide bonds. The smallest absolute Gasteiger partial charge is 0.308 e. The Morgan fingerprint density at radius 1 is 1.21 bits per heavy atom. The van der Waals surface area contributed by atoms with Crippen molar-refractivity contribution in [2.24, 2.45) is 16.8 Å². The molecule has 0 saturated carbocycles. The Bertz CT molecular complexity index is 711. The second-order valence-electron chi connectivity index (χ2n) is 8.51. The molecular weight excluding hydrogens is 364 g/mol. The number of fused-ring (bicyclic) bond motifs is 1. The zero-order chi connectivity index (χ0) is 20.8. The summed E-state index contributed by atoms with van der Waals surface area (Å²) in [6, 6.07) is 9.26. The van der Waals surface area contributed by atoms with Gasteiger partial charge < -0.3 is 15.0 Å². The van der Waals surface area contributed by atoms with Gasteiger partial charge >= 0.3 is 5.97 Å². The van der Waals surface area contributed by atoms with Gasteiger partial charge in [0.2, 0.25) is 0 Å². The van der Waals surface area contributed by atoms with E-state index in [1.807, 2.05) is 7.05 Å². The van der Waals surface area contributed by atoms with E-state index in [9.17, 15) is 4.79 Å². The maximum atomic E-state index is 11.8. The number of piperidine rings is 1. The standard InChI is InChI=1S/C23H36N4O2/c1-17(2)21(27-14-9-18-7-5-6-8-20(18)16-27)15-25-23(24-3)26-12-10-19(11-13-26)22(28)29-4/h5-8,17,19,21H,9-16H2,1-4H3,(H,24,25). The first-order chi connectivity index (χ1) is 14.0. The maximum Gasteiger partial charge on any atom is 0.308 e. The summed E-state index contributed by atoms with van der Waals surface area (Å²) in [6.45, 7) is 9.28. The minimum atomic E-state index is -0.0853. The van der Waals surface area contributed by atoms with E-state index in [1.54, 1.807) is 0 Å². The molecule has 0 aromatic heterocycles. The van der Waals surface area contributed by atoms with Crippen LogP contribution in [-0.4, -0.2) is 68.1 Å². The molecule has 1 fully saturated rings. The van der Waals surface area contributed by atoms with Crippen LogP contribution in [0.25, 0.3) is 0 Å². The number of carbonyl (C=O) groups is 1. The van der Waals surface area contributed by atoms with E-state index in [2.05, 4.69) is 58.2 Å². The van der Waals surface area contributed by atoms with Gasteiger partial charge in [-0.1, -0.05) is 38.1 Å². The highest BCUT2D eigenvalue weighted by atomic mass is 16.5. The van der Waals surface area contributed by atoms with E-state index in [1.165, 1.54) is 18.2 Å². The van der Waals surface area contributed by atoms with Crippen molar-refractivity contribution in [2.75, 3.05) is 40.3 Å². The topological polar surface area (TPSA) is 57.2 Å². The van der Waals surface area contributed by atoms with Crippen LogP contribution in [-0.2, 0) is 22.5 Å². The fourth-order valence-electron chi connectivity index (χ4n) is 4.61. The largest absolute Gasteiger partial charge is 0.469 e. The molecule has 1 N–H and O–H groups in total. The van der Waals surface area contributed by atoms with Crippen molar-refractivity contribution in [1.82, 2.24) is 15.1 Å². The molecule has 1 aromatic rings. The lowest BCUT2D eigenvalue weighted by Gasteiger charge is -2.39. The molecule has 0 radical (unpaired) electrons. The number of guanidine groups is 1. The quantitative estimate of drug-likeness (QED) is 0.468. The van der Waals surface area contributed by atoms with Gasteiger partial charge in [0.05, 0.1) is 13.0 Å². The van der Waals surface area contributed by atoms with Gasteiger partial charge in [0, 0.05) is 45.8 Å². The average molecular weight is 401 g/mol. The van der Waals surface area contributed by atoms with Gasteiger partial charge in [-0.3, -0.25) is 14.7 Å². The van der Waals surface area contributed by atoms with E-state index < -0.39 is 0 Å². The number of likely N-dealkylation sites (tertiary alicyclic amines) is 1. The third kappa shape index (κ3) is 5.30. The monoisotopic (exact) mass is 400 g/mol.